The highest BCUT2D eigenvalue weighted by molar-refractivity contribution is 5.99. The van der Waals surface area contributed by atoms with Gasteiger partial charge in [-0.15, -0.1) is 12.4 Å². The number of carbonyl (C=O) groups is 2. The van der Waals surface area contributed by atoms with Crippen molar-refractivity contribution in [2.45, 2.75) is 6.92 Å². The van der Waals surface area contributed by atoms with Gasteiger partial charge in [0.25, 0.3) is 11.8 Å². The molecule has 1 aliphatic heterocycles. The van der Waals surface area contributed by atoms with Gasteiger partial charge < -0.3 is 21.1 Å². The number of anilines is 1. The molecule has 0 saturated carbocycles. The highest BCUT2D eigenvalue weighted by atomic mass is 35.5. The zero-order valence-electron chi connectivity index (χ0n) is 11.1. The molecule has 0 spiro atoms. The fourth-order valence-corrected chi connectivity index (χ4v) is 1.68. The molecule has 1 aromatic rings. The summed E-state index contributed by atoms with van der Waals surface area (Å²) < 4.78 is 5.23. The lowest BCUT2D eigenvalue weighted by Gasteiger charge is -2.18. The lowest BCUT2D eigenvalue weighted by molar-refractivity contribution is -0.118. The van der Waals surface area contributed by atoms with Crippen molar-refractivity contribution in [1.29, 1.82) is 0 Å². The molecule has 0 aliphatic carbocycles. The summed E-state index contributed by atoms with van der Waals surface area (Å²) in [7, 11) is 0. The average Bonchev–Trinajstić information content (AvgIpc) is 2.43. The summed E-state index contributed by atoms with van der Waals surface area (Å²) in [6.45, 7) is 3.01. The molecule has 6 nitrogen and oxygen atoms in total. The number of benzene rings is 1. The fourth-order valence-electron chi connectivity index (χ4n) is 1.68. The minimum atomic E-state index is -0.221. The molecule has 0 radical (unpaired) electrons. The summed E-state index contributed by atoms with van der Waals surface area (Å²) in [6.07, 6.45) is 0. The van der Waals surface area contributed by atoms with E-state index in [1.54, 1.807) is 18.2 Å². The van der Waals surface area contributed by atoms with Gasteiger partial charge in [-0.3, -0.25) is 9.59 Å². The quantitative estimate of drug-likeness (QED) is 0.765. The molecule has 4 N–H and O–H groups in total. The van der Waals surface area contributed by atoms with Gasteiger partial charge in [0.2, 0.25) is 0 Å². The van der Waals surface area contributed by atoms with Crippen molar-refractivity contribution in [2.75, 3.05) is 25.0 Å². The van der Waals surface area contributed by atoms with E-state index in [1.807, 2.05) is 6.92 Å². The van der Waals surface area contributed by atoms with E-state index in [0.29, 0.717) is 30.1 Å². The summed E-state index contributed by atoms with van der Waals surface area (Å²) >= 11 is 0. The third kappa shape index (κ3) is 3.85. The maximum Gasteiger partial charge on any atom is 0.262 e. The SMILES string of the molecule is CC(CN)CNC(=O)c1ccc2c(c1)NC(=O)CO2.Cl. The van der Waals surface area contributed by atoms with Crippen LogP contribution < -0.4 is 21.1 Å². The fraction of sp³-hybridized carbons (Fsp3) is 0.385. The number of hydrogen-bond donors (Lipinski definition) is 3. The molecule has 0 fully saturated rings. The van der Waals surface area contributed by atoms with E-state index in [0.717, 1.165) is 0 Å². The molecule has 0 saturated heterocycles. The van der Waals surface area contributed by atoms with Crippen LogP contribution in [0.3, 0.4) is 0 Å². The number of halogens is 1. The third-order valence-corrected chi connectivity index (χ3v) is 2.89. The van der Waals surface area contributed by atoms with Crippen molar-refractivity contribution >= 4 is 29.9 Å². The predicted octanol–water partition coefficient (Wildman–Crippen LogP) is 0.764. The topological polar surface area (TPSA) is 93.5 Å². The van der Waals surface area contributed by atoms with Crippen LogP contribution in [0.1, 0.15) is 17.3 Å². The predicted molar refractivity (Wildman–Crippen MR) is 78.4 cm³/mol. The van der Waals surface area contributed by atoms with Gasteiger partial charge >= 0.3 is 0 Å². The van der Waals surface area contributed by atoms with Crippen LogP contribution in [0.25, 0.3) is 0 Å². The summed E-state index contributed by atoms with van der Waals surface area (Å²) in [5.74, 6) is 0.390. The number of hydrogen-bond acceptors (Lipinski definition) is 4. The monoisotopic (exact) mass is 299 g/mol. The van der Waals surface area contributed by atoms with Crippen LogP contribution in [0, 0.1) is 5.92 Å². The van der Waals surface area contributed by atoms with Crippen LogP contribution in [-0.2, 0) is 4.79 Å². The van der Waals surface area contributed by atoms with Gasteiger partial charge in [-0.1, -0.05) is 6.92 Å². The molecule has 1 unspecified atom stereocenters. The minimum Gasteiger partial charge on any atom is -0.482 e. The Kier molecular flexibility index (Phi) is 5.79. The van der Waals surface area contributed by atoms with Crippen molar-refractivity contribution in [1.82, 2.24) is 5.32 Å². The van der Waals surface area contributed by atoms with Crippen LogP contribution >= 0.6 is 12.4 Å². The summed E-state index contributed by atoms with van der Waals surface area (Å²) in [5.41, 5.74) is 6.49. The first kappa shape index (κ1) is 16.3. The van der Waals surface area contributed by atoms with Crippen LogP contribution in [-0.4, -0.2) is 31.5 Å². The minimum absolute atomic E-state index is 0. The molecule has 110 valence electrons. The maximum atomic E-state index is 11.9. The van der Waals surface area contributed by atoms with Crippen LogP contribution in [0.2, 0.25) is 0 Å². The normalized spacial score (nSPS) is 14.2. The van der Waals surface area contributed by atoms with Gasteiger partial charge in [0, 0.05) is 12.1 Å². The maximum absolute atomic E-state index is 11.9. The second kappa shape index (κ2) is 7.12. The first-order chi connectivity index (χ1) is 9.10. The number of rotatable bonds is 4. The average molecular weight is 300 g/mol. The van der Waals surface area contributed by atoms with Crippen molar-refractivity contribution in [2.24, 2.45) is 11.7 Å². The van der Waals surface area contributed by atoms with Crippen LogP contribution in [0.5, 0.6) is 5.75 Å². The Morgan fingerprint density at radius 2 is 2.30 bits per heavy atom. The van der Waals surface area contributed by atoms with Gasteiger partial charge in [-0.25, -0.2) is 0 Å². The number of nitrogens with one attached hydrogen (secondary N) is 2. The van der Waals surface area contributed by atoms with Crippen molar-refractivity contribution in [3.05, 3.63) is 23.8 Å². The van der Waals surface area contributed by atoms with E-state index in [-0.39, 0.29) is 36.7 Å². The Morgan fingerprint density at radius 1 is 1.55 bits per heavy atom. The molecule has 1 heterocycles. The lowest BCUT2D eigenvalue weighted by atomic mass is 10.1. The summed E-state index contributed by atoms with van der Waals surface area (Å²) in [6, 6.07) is 4.95. The van der Waals surface area contributed by atoms with Gasteiger partial charge in [0.1, 0.15) is 5.75 Å². The van der Waals surface area contributed by atoms with Crippen LogP contribution in [0.4, 0.5) is 5.69 Å². The molecule has 2 rings (SSSR count). The zero-order chi connectivity index (χ0) is 13.8. The number of ether oxygens (including phenoxy) is 1. The first-order valence-corrected chi connectivity index (χ1v) is 6.15. The van der Waals surface area contributed by atoms with E-state index in [4.69, 9.17) is 10.5 Å². The van der Waals surface area contributed by atoms with Gasteiger partial charge in [-0.05, 0) is 30.7 Å². The molecule has 0 bridgehead atoms. The molecule has 1 aromatic carbocycles. The van der Waals surface area contributed by atoms with Crippen molar-refractivity contribution < 1.29 is 14.3 Å². The Labute approximate surface area is 123 Å². The largest absolute Gasteiger partial charge is 0.482 e. The van der Waals surface area contributed by atoms with E-state index in [9.17, 15) is 9.59 Å². The van der Waals surface area contributed by atoms with E-state index in [1.165, 1.54) is 0 Å². The van der Waals surface area contributed by atoms with E-state index >= 15 is 0 Å². The van der Waals surface area contributed by atoms with E-state index in [2.05, 4.69) is 10.6 Å². The standard InChI is InChI=1S/C13H17N3O3.ClH/c1-8(5-14)6-15-13(18)9-2-3-11-10(4-9)16-12(17)7-19-11;/h2-4,8H,5-7,14H2,1H3,(H,15,18)(H,16,17);1H. The second-order valence-corrected chi connectivity index (χ2v) is 4.60. The Morgan fingerprint density at radius 3 is 3.00 bits per heavy atom. The highest BCUT2D eigenvalue weighted by Gasteiger charge is 2.17. The van der Waals surface area contributed by atoms with Crippen LogP contribution in [0.15, 0.2) is 18.2 Å². The second-order valence-electron chi connectivity index (χ2n) is 4.60. The Hall–Kier alpha value is -1.79. The zero-order valence-corrected chi connectivity index (χ0v) is 12.0. The lowest BCUT2D eigenvalue weighted by Crippen LogP contribution is -2.31. The molecule has 1 aliphatic rings. The molecule has 1 atom stereocenters. The Balaban J connectivity index is 0.00000200. The summed E-state index contributed by atoms with van der Waals surface area (Å²) in [5, 5.41) is 5.46. The van der Waals surface area contributed by atoms with Gasteiger partial charge in [0.05, 0.1) is 5.69 Å². The van der Waals surface area contributed by atoms with Crippen molar-refractivity contribution in [3.63, 3.8) is 0 Å². The molecular weight excluding hydrogens is 282 g/mol. The number of amides is 2. The molecule has 2 amide bonds. The molecule has 7 heteroatoms. The Bertz CT molecular complexity index is 508. The highest BCUT2D eigenvalue weighted by Crippen LogP contribution is 2.28. The molecule has 0 aromatic heterocycles. The van der Waals surface area contributed by atoms with Gasteiger partial charge in [-0.2, -0.15) is 0 Å². The summed E-state index contributed by atoms with van der Waals surface area (Å²) in [4.78, 5) is 23.1. The smallest absolute Gasteiger partial charge is 0.262 e. The molecule has 20 heavy (non-hydrogen) atoms. The molecular formula is C13H18ClN3O3. The van der Waals surface area contributed by atoms with Crippen molar-refractivity contribution in [3.8, 4) is 5.75 Å². The van der Waals surface area contributed by atoms with Gasteiger partial charge in [0.15, 0.2) is 6.61 Å². The third-order valence-electron chi connectivity index (χ3n) is 2.89. The number of carbonyl (C=O) groups excluding carboxylic acids is 2. The van der Waals surface area contributed by atoms with E-state index < -0.39 is 0 Å². The number of fused-ring (bicyclic) bond motifs is 1. The number of nitrogens with two attached hydrogens (primary N) is 1. The first-order valence-electron chi connectivity index (χ1n) is 6.15.